The largest absolute Gasteiger partial charge is 0.326 e. The Morgan fingerprint density at radius 2 is 1.79 bits per heavy atom. The van der Waals surface area contributed by atoms with E-state index in [4.69, 9.17) is 11.6 Å². The zero-order valence-corrected chi connectivity index (χ0v) is 17.4. The van der Waals surface area contributed by atoms with E-state index in [-0.39, 0.29) is 29.9 Å². The van der Waals surface area contributed by atoms with Gasteiger partial charge in [-0.3, -0.25) is 4.79 Å². The summed E-state index contributed by atoms with van der Waals surface area (Å²) in [6.07, 6.45) is 3.84. The topological polar surface area (TPSA) is 66.5 Å². The molecule has 1 fully saturated rings. The third kappa shape index (κ3) is 4.17. The van der Waals surface area contributed by atoms with Crippen molar-refractivity contribution in [1.82, 2.24) is 4.31 Å². The van der Waals surface area contributed by atoms with Crippen LogP contribution in [0, 0.1) is 11.7 Å². The normalized spacial score (nSPS) is 17.9. The first-order chi connectivity index (χ1) is 13.8. The second kappa shape index (κ2) is 8.05. The Morgan fingerprint density at radius 3 is 2.52 bits per heavy atom. The minimum Gasteiger partial charge on any atom is -0.326 e. The van der Waals surface area contributed by atoms with Crippen molar-refractivity contribution in [3.05, 3.63) is 58.4 Å². The molecule has 8 heteroatoms. The van der Waals surface area contributed by atoms with Crippen LogP contribution in [0.4, 0.5) is 10.1 Å². The van der Waals surface area contributed by atoms with Gasteiger partial charge in [-0.1, -0.05) is 17.7 Å². The van der Waals surface area contributed by atoms with Crippen LogP contribution in [0.5, 0.6) is 0 Å². The lowest BCUT2D eigenvalue weighted by Gasteiger charge is -2.30. The molecular formula is C21H22ClFN2O3S. The molecule has 0 radical (unpaired) electrons. The zero-order valence-electron chi connectivity index (χ0n) is 15.8. The molecule has 2 aromatic carbocycles. The van der Waals surface area contributed by atoms with Crippen LogP contribution in [-0.2, 0) is 27.7 Å². The number of hydrogen-bond acceptors (Lipinski definition) is 3. The number of nitrogens with zero attached hydrogens (tertiary/aromatic N) is 1. The number of piperidine rings is 1. The average molecular weight is 437 g/mol. The minimum atomic E-state index is -3.56. The van der Waals surface area contributed by atoms with E-state index in [1.165, 1.54) is 28.1 Å². The van der Waals surface area contributed by atoms with Gasteiger partial charge in [-0.05, 0) is 73.6 Å². The molecule has 1 aliphatic carbocycles. The highest BCUT2D eigenvalue weighted by Gasteiger charge is 2.32. The second-order valence-electron chi connectivity index (χ2n) is 7.58. The molecule has 0 spiro atoms. The maximum absolute atomic E-state index is 13.5. The van der Waals surface area contributed by atoms with Gasteiger partial charge in [-0.25, -0.2) is 12.8 Å². The first kappa shape index (κ1) is 20.3. The van der Waals surface area contributed by atoms with Crippen LogP contribution in [-0.4, -0.2) is 31.7 Å². The van der Waals surface area contributed by atoms with Crippen molar-refractivity contribution >= 4 is 33.2 Å². The summed E-state index contributed by atoms with van der Waals surface area (Å²) < 4.78 is 41.0. The van der Waals surface area contributed by atoms with Gasteiger partial charge in [0, 0.05) is 24.7 Å². The lowest BCUT2D eigenvalue weighted by molar-refractivity contribution is -0.120. The summed E-state index contributed by atoms with van der Waals surface area (Å²) in [4.78, 5) is 12.8. The van der Waals surface area contributed by atoms with Crippen LogP contribution >= 0.6 is 11.6 Å². The van der Waals surface area contributed by atoms with Crippen LogP contribution in [0.3, 0.4) is 0 Å². The van der Waals surface area contributed by atoms with Crippen molar-refractivity contribution in [3.8, 4) is 0 Å². The van der Waals surface area contributed by atoms with Crippen LogP contribution in [0.15, 0.2) is 41.3 Å². The van der Waals surface area contributed by atoms with E-state index in [0.29, 0.717) is 23.4 Å². The number of benzene rings is 2. The van der Waals surface area contributed by atoms with Crippen molar-refractivity contribution in [2.45, 2.75) is 37.0 Å². The quantitative estimate of drug-likeness (QED) is 0.787. The van der Waals surface area contributed by atoms with Gasteiger partial charge in [0.15, 0.2) is 0 Å². The van der Waals surface area contributed by atoms with E-state index < -0.39 is 15.8 Å². The molecule has 0 aromatic heterocycles. The summed E-state index contributed by atoms with van der Waals surface area (Å²) in [5, 5.41) is 2.68. The summed E-state index contributed by atoms with van der Waals surface area (Å²) in [7, 11) is -3.56. The monoisotopic (exact) mass is 436 g/mol. The molecule has 2 aliphatic rings. The highest BCUT2D eigenvalue weighted by atomic mass is 35.5. The first-order valence-corrected chi connectivity index (χ1v) is 11.5. The number of amides is 1. The van der Waals surface area contributed by atoms with Gasteiger partial charge in [0.2, 0.25) is 15.9 Å². The number of fused-ring (bicyclic) bond motifs is 1. The number of halogens is 2. The second-order valence-corrected chi connectivity index (χ2v) is 9.93. The van der Waals surface area contributed by atoms with Gasteiger partial charge in [0.05, 0.1) is 9.92 Å². The van der Waals surface area contributed by atoms with Crippen molar-refractivity contribution < 1.29 is 17.6 Å². The minimum absolute atomic E-state index is 0.00642. The average Bonchev–Trinajstić information content (AvgIpc) is 3.19. The van der Waals surface area contributed by atoms with E-state index in [1.807, 2.05) is 6.07 Å². The molecule has 5 nitrogen and oxygen atoms in total. The fraction of sp³-hybridized carbons (Fsp3) is 0.381. The van der Waals surface area contributed by atoms with Gasteiger partial charge in [0.25, 0.3) is 0 Å². The molecule has 29 heavy (non-hydrogen) atoms. The maximum Gasteiger partial charge on any atom is 0.243 e. The molecule has 0 atom stereocenters. The van der Waals surface area contributed by atoms with E-state index in [0.717, 1.165) is 24.8 Å². The third-order valence-corrected chi connectivity index (χ3v) is 7.92. The Labute approximate surface area is 174 Å². The molecule has 0 saturated carbocycles. The van der Waals surface area contributed by atoms with Gasteiger partial charge in [-0.2, -0.15) is 4.31 Å². The summed E-state index contributed by atoms with van der Waals surface area (Å²) in [5.41, 5.74) is 2.69. The Balaban J connectivity index is 1.39. The van der Waals surface area contributed by atoms with Crippen molar-refractivity contribution in [2.75, 3.05) is 18.4 Å². The van der Waals surface area contributed by atoms with Gasteiger partial charge >= 0.3 is 0 Å². The Morgan fingerprint density at radius 1 is 1.07 bits per heavy atom. The molecule has 1 amide bonds. The number of anilines is 1. The number of carbonyl (C=O) groups is 1. The smallest absolute Gasteiger partial charge is 0.243 e. The molecule has 0 bridgehead atoms. The summed E-state index contributed by atoms with van der Waals surface area (Å²) in [6.45, 7) is 0.568. The fourth-order valence-corrected chi connectivity index (χ4v) is 5.67. The summed E-state index contributed by atoms with van der Waals surface area (Å²) in [5.74, 6) is -1.15. The fourth-order valence-electron chi connectivity index (χ4n) is 4.03. The lowest BCUT2D eigenvalue weighted by atomic mass is 9.97. The van der Waals surface area contributed by atoms with Gasteiger partial charge < -0.3 is 5.32 Å². The number of aryl methyl sites for hydroxylation is 2. The Bertz CT molecular complexity index is 1050. The lowest BCUT2D eigenvalue weighted by Crippen LogP contribution is -2.41. The number of rotatable bonds is 4. The predicted molar refractivity (Wildman–Crippen MR) is 110 cm³/mol. The molecule has 1 N–H and O–H groups in total. The van der Waals surface area contributed by atoms with Crippen molar-refractivity contribution in [2.24, 2.45) is 5.92 Å². The molecule has 0 unspecified atom stereocenters. The maximum atomic E-state index is 13.5. The molecule has 4 rings (SSSR count). The van der Waals surface area contributed by atoms with E-state index >= 15 is 0 Å². The van der Waals surface area contributed by atoms with Crippen molar-refractivity contribution in [3.63, 3.8) is 0 Å². The molecular weight excluding hydrogens is 415 g/mol. The van der Waals surface area contributed by atoms with Gasteiger partial charge in [0.1, 0.15) is 5.82 Å². The molecule has 1 heterocycles. The van der Waals surface area contributed by atoms with Crippen molar-refractivity contribution in [1.29, 1.82) is 0 Å². The summed E-state index contributed by atoms with van der Waals surface area (Å²) in [6, 6.07) is 9.50. The van der Waals surface area contributed by atoms with Crippen LogP contribution in [0.25, 0.3) is 0 Å². The van der Waals surface area contributed by atoms with Gasteiger partial charge in [-0.15, -0.1) is 0 Å². The Hall–Kier alpha value is -1.96. The zero-order chi connectivity index (χ0) is 20.6. The van der Waals surface area contributed by atoms with E-state index in [2.05, 4.69) is 5.32 Å². The highest BCUT2D eigenvalue weighted by molar-refractivity contribution is 7.89. The number of nitrogens with one attached hydrogen (secondary N) is 1. The Kier molecular flexibility index (Phi) is 5.64. The number of hydrogen-bond donors (Lipinski definition) is 1. The molecule has 2 aromatic rings. The molecule has 154 valence electrons. The number of sulfonamides is 1. The van der Waals surface area contributed by atoms with E-state index in [1.54, 1.807) is 12.1 Å². The standard InChI is InChI=1S/C21H22ClFN2O3S/c22-19-7-5-17(13-20(19)23)24-21(26)15-8-10-25(11-9-15)29(27,28)18-6-4-14-2-1-3-16(14)12-18/h4-7,12-13,15H,1-3,8-11H2,(H,24,26). The van der Waals surface area contributed by atoms with Crippen LogP contribution in [0.1, 0.15) is 30.4 Å². The number of carbonyl (C=O) groups excluding carboxylic acids is 1. The predicted octanol–water partition coefficient (Wildman–Crippen LogP) is 4.01. The van der Waals surface area contributed by atoms with E-state index in [9.17, 15) is 17.6 Å². The van der Waals surface area contributed by atoms with Crippen LogP contribution in [0.2, 0.25) is 5.02 Å². The molecule has 1 saturated heterocycles. The highest BCUT2D eigenvalue weighted by Crippen LogP contribution is 2.29. The third-order valence-electron chi connectivity index (χ3n) is 5.72. The van der Waals surface area contributed by atoms with Crippen LogP contribution < -0.4 is 5.32 Å². The summed E-state index contributed by atoms with van der Waals surface area (Å²) >= 11 is 5.66. The molecule has 1 aliphatic heterocycles. The first-order valence-electron chi connectivity index (χ1n) is 9.72. The SMILES string of the molecule is O=C(Nc1ccc(Cl)c(F)c1)C1CCN(S(=O)(=O)c2ccc3c(c2)CCC3)CC1.